The van der Waals surface area contributed by atoms with Crippen LogP contribution in [0, 0.1) is 0 Å². The second-order valence-electron chi connectivity index (χ2n) is 30.2. The predicted molar refractivity (Wildman–Crippen MR) is 503 cm³/mol. The van der Waals surface area contributed by atoms with Gasteiger partial charge in [-0.05, 0) is 199 Å². The van der Waals surface area contributed by atoms with Crippen molar-refractivity contribution in [3.8, 4) is 72.7 Å². The molecule has 116 heavy (non-hydrogen) atoms. The van der Waals surface area contributed by atoms with E-state index in [1.807, 2.05) is 34.0 Å². The highest BCUT2D eigenvalue weighted by molar-refractivity contribution is 7.27. The maximum absolute atomic E-state index is 2.42. The van der Waals surface area contributed by atoms with Crippen molar-refractivity contribution < 1.29 is 0 Å². The maximum Gasteiger partial charge on any atom is 0.0547 e. The molecule has 25 rings (SSSR count). The van der Waals surface area contributed by atoms with Gasteiger partial charge in [0.1, 0.15) is 0 Å². The zero-order valence-electron chi connectivity index (χ0n) is 62.9. The van der Waals surface area contributed by atoms with Crippen molar-refractivity contribution in [3.63, 3.8) is 0 Å². The van der Waals surface area contributed by atoms with Gasteiger partial charge in [0.2, 0.25) is 0 Å². The van der Waals surface area contributed by atoms with E-state index in [1.165, 1.54) is 220 Å². The molecule has 0 bridgehead atoms. The smallest absolute Gasteiger partial charge is 0.0547 e. The Morgan fingerprint density at radius 1 is 0.147 bits per heavy atom. The molecule has 0 aliphatic rings. The summed E-state index contributed by atoms with van der Waals surface area (Å²) in [7, 11) is 0. The van der Waals surface area contributed by atoms with Gasteiger partial charge in [-0.25, -0.2) is 0 Å². The SMILES string of the molecule is c1ccc(-c2cccc(-n3c4ccccc4c4cc(-c5ccc6sc7ccccc7c6c5)ccc43)c2)cc1.c1ccc2c(-c3ccc(-n4c5ccccc5c5ccc(-c6ccc7c(c6)sc6ccccc67)cc54)cc3)cccc2c1.c1ccc2cc(-n3c4ccccc4c4cc(-c5cccc6c5sc5ccccc56)ccc43)ccc2c1. The first-order chi connectivity index (χ1) is 57.5. The van der Waals surface area contributed by atoms with E-state index in [0.717, 1.165) is 0 Å². The standard InChI is InChI=1S/C40H25NS.C36H23NS.C34H21NS/c1-2-10-31-26(8-1)9-7-13-32(31)27-16-20-30(21-17-27)41-37-14-5-3-11-33(37)34-22-18-28(24-38(34)41)29-19-23-36-35-12-4-6-15-39(35)42-40(36)25-29;1-2-9-24(10-3-1)25-11-8-12-28(21-25)37-33-15-6-4-13-29(33)31-22-26(17-19-34(31)37)27-18-20-36-32(23-27)30-14-5-7-16-35(30)38-36;1-2-9-23-20-25(18-16-22(23)8-1)35-31-14-5-3-10-27(31)30-21-24(17-19-32(30)35)26-12-7-13-29-28-11-4-6-15-33(28)36-34(26)29/h1-25H;1-23H;1-21H. The lowest BCUT2D eigenvalue weighted by Crippen LogP contribution is -1.94. The van der Waals surface area contributed by atoms with E-state index in [-0.39, 0.29) is 0 Å². The van der Waals surface area contributed by atoms with Crippen LogP contribution in [-0.4, -0.2) is 13.7 Å². The highest BCUT2D eigenvalue weighted by Crippen LogP contribution is 2.46. The van der Waals surface area contributed by atoms with Crippen molar-refractivity contribution in [3.05, 3.63) is 419 Å². The Kier molecular flexibility index (Phi) is 16.2. The molecule has 0 spiro atoms. The van der Waals surface area contributed by atoms with Crippen LogP contribution in [0.2, 0.25) is 0 Å². The van der Waals surface area contributed by atoms with Gasteiger partial charge in [-0.3, -0.25) is 0 Å². The Morgan fingerprint density at radius 3 is 1.25 bits per heavy atom. The van der Waals surface area contributed by atoms with Crippen LogP contribution >= 0.6 is 34.0 Å². The van der Waals surface area contributed by atoms with Gasteiger partial charge in [0.25, 0.3) is 0 Å². The first-order valence-electron chi connectivity index (χ1n) is 39.6. The third-order valence-corrected chi connectivity index (χ3v) is 27.1. The summed E-state index contributed by atoms with van der Waals surface area (Å²) in [4.78, 5) is 0. The van der Waals surface area contributed by atoms with Gasteiger partial charge in [0.15, 0.2) is 0 Å². The lowest BCUT2D eigenvalue weighted by molar-refractivity contribution is 1.18. The molecule has 6 heterocycles. The Bertz CT molecular complexity index is 8220. The van der Waals surface area contributed by atoms with Gasteiger partial charge >= 0.3 is 0 Å². The molecule has 6 aromatic heterocycles. The van der Waals surface area contributed by atoms with E-state index in [0.29, 0.717) is 0 Å². The van der Waals surface area contributed by atoms with E-state index in [1.54, 1.807) is 0 Å². The first-order valence-corrected chi connectivity index (χ1v) is 42.0. The van der Waals surface area contributed by atoms with Crippen LogP contribution in [0.5, 0.6) is 0 Å². The first kappa shape index (κ1) is 67.5. The normalized spacial score (nSPS) is 11.8. The van der Waals surface area contributed by atoms with Gasteiger partial charge in [0, 0.05) is 110 Å². The molecule has 3 nitrogen and oxygen atoms in total. The Balaban J connectivity index is 0.000000103. The number of nitrogens with zero attached hydrogens (tertiary/aromatic N) is 3. The summed E-state index contributed by atoms with van der Waals surface area (Å²) in [6.45, 7) is 0. The van der Waals surface area contributed by atoms with Gasteiger partial charge in [-0.2, -0.15) is 0 Å². The number of rotatable bonds is 8. The molecule has 0 unspecified atom stereocenters. The van der Waals surface area contributed by atoms with Crippen LogP contribution in [0.1, 0.15) is 0 Å². The van der Waals surface area contributed by atoms with Crippen LogP contribution < -0.4 is 0 Å². The molecule has 0 saturated carbocycles. The van der Waals surface area contributed by atoms with E-state index in [4.69, 9.17) is 0 Å². The summed E-state index contributed by atoms with van der Waals surface area (Å²) in [5, 5.41) is 20.8. The largest absolute Gasteiger partial charge is 0.309 e. The predicted octanol–water partition coefficient (Wildman–Crippen LogP) is 32.1. The van der Waals surface area contributed by atoms with Crippen molar-refractivity contribution in [2.75, 3.05) is 0 Å². The summed E-state index contributed by atoms with van der Waals surface area (Å²) in [6.07, 6.45) is 0. The topological polar surface area (TPSA) is 14.8 Å². The van der Waals surface area contributed by atoms with Crippen LogP contribution in [0.15, 0.2) is 419 Å². The van der Waals surface area contributed by atoms with Crippen molar-refractivity contribution in [1.82, 2.24) is 13.7 Å². The van der Waals surface area contributed by atoms with E-state index < -0.39 is 0 Å². The zero-order chi connectivity index (χ0) is 76.3. The molecule has 0 radical (unpaired) electrons. The second kappa shape index (κ2) is 27.8. The Labute approximate surface area is 681 Å². The molecule has 25 aromatic rings. The number of fused-ring (bicyclic) bond motifs is 20. The highest BCUT2D eigenvalue weighted by atomic mass is 32.1. The quantitative estimate of drug-likeness (QED) is 0.144. The molecule has 0 amide bonds. The van der Waals surface area contributed by atoms with Crippen LogP contribution in [0.25, 0.3) is 220 Å². The minimum absolute atomic E-state index is 1.17. The highest BCUT2D eigenvalue weighted by Gasteiger charge is 2.21. The third kappa shape index (κ3) is 11.4. The second-order valence-corrected chi connectivity index (χ2v) is 33.4. The molecular formula is C110H69N3S3. The molecular weight excluding hydrogens is 1460 g/mol. The Hall–Kier alpha value is -14.2. The van der Waals surface area contributed by atoms with Crippen LogP contribution in [0.3, 0.4) is 0 Å². The third-order valence-electron chi connectivity index (χ3n) is 23.6. The minimum atomic E-state index is 1.17. The molecule has 0 aliphatic carbocycles. The summed E-state index contributed by atoms with van der Waals surface area (Å²) in [5.74, 6) is 0. The van der Waals surface area contributed by atoms with Crippen molar-refractivity contribution in [1.29, 1.82) is 0 Å². The molecule has 19 aromatic carbocycles. The van der Waals surface area contributed by atoms with E-state index in [2.05, 4.69) is 432 Å². The molecule has 0 N–H and O–H groups in total. The average molecular weight is 1530 g/mol. The van der Waals surface area contributed by atoms with Gasteiger partial charge in [0.05, 0.1) is 33.1 Å². The monoisotopic (exact) mass is 1530 g/mol. The summed E-state index contributed by atoms with van der Waals surface area (Å²) < 4.78 is 15.3. The number of benzene rings is 19. The summed E-state index contributed by atoms with van der Waals surface area (Å²) in [6, 6.07) is 153. The summed E-state index contributed by atoms with van der Waals surface area (Å²) in [5.41, 5.74) is 23.4. The van der Waals surface area contributed by atoms with Crippen molar-refractivity contribution in [2.45, 2.75) is 0 Å². The van der Waals surface area contributed by atoms with Gasteiger partial charge < -0.3 is 13.7 Å². The zero-order valence-corrected chi connectivity index (χ0v) is 65.4. The number of aromatic nitrogens is 3. The lowest BCUT2D eigenvalue weighted by atomic mass is 9.98. The lowest BCUT2D eigenvalue weighted by Gasteiger charge is -2.11. The minimum Gasteiger partial charge on any atom is -0.309 e. The average Bonchev–Trinajstić information content (AvgIpc) is 1.59. The molecule has 0 saturated heterocycles. The number of hydrogen-bond donors (Lipinski definition) is 0. The number of thiophene rings is 3. The number of para-hydroxylation sites is 3. The van der Waals surface area contributed by atoms with Crippen LogP contribution in [-0.2, 0) is 0 Å². The fraction of sp³-hybridized carbons (Fsp3) is 0. The maximum atomic E-state index is 2.42. The fourth-order valence-corrected chi connectivity index (χ4v) is 21.6. The van der Waals surface area contributed by atoms with E-state index >= 15 is 0 Å². The number of hydrogen-bond acceptors (Lipinski definition) is 3. The molecule has 6 heteroatoms. The van der Waals surface area contributed by atoms with Crippen LogP contribution in [0.4, 0.5) is 0 Å². The van der Waals surface area contributed by atoms with Crippen molar-refractivity contribution in [2.24, 2.45) is 0 Å². The van der Waals surface area contributed by atoms with E-state index in [9.17, 15) is 0 Å². The molecule has 0 fully saturated rings. The van der Waals surface area contributed by atoms with Gasteiger partial charge in [-0.1, -0.05) is 297 Å². The Morgan fingerprint density at radius 2 is 0.543 bits per heavy atom. The van der Waals surface area contributed by atoms with Gasteiger partial charge in [-0.15, -0.1) is 34.0 Å². The molecule has 0 atom stereocenters. The molecule has 0 aliphatic heterocycles. The van der Waals surface area contributed by atoms with Crippen molar-refractivity contribution >= 4 is 181 Å². The summed E-state index contributed by atoms with van der Waals surface area (Å²) >= 11 is 5.63. The molecule has 542 valence electrons. The fourth-order valence-electron chi connectivity index (χ4n) is 18.1.